The van der Waals surface area contributed by atoms with E-state index in [-0.39, 0.29) is 0 Å². The van der Waals surface area contributed by atoms with Crippen molar-refractivity contribution >= 4 is 5.69 Å². The molecule has 0 radical (unpaired) electrons. The van der Waals surface area contributed by atoms with Crippen molar-refractivity contribution in [2.75, 3.05) is 19.0 Å². The lowest BCUT2D eigenvalue weighted by molar-refractivity contribution is 0.0944. The molecule has 0 aliphatic heterocycles. The Morgan fingerprint density at radius 1 is 1.24 bits per heavy atom. The van der Waals surface area contributed by atoms with Crippen molar-refractivity contribution in [2.24, 2.45) is 0 Å². The summed E-state index contributed by atoms with van der Waals surface area (Å²) < 4.78 is 5.46. The highest BCUT2D eigenvalue weighted by Crippen LogP contribution is 2.34. The maximum atomic E-state index is 9.75. The lowest BCUT2D eigenvalue weighted by atomic mass is 10.0. The van der Waals surface area contributed by atoms with Crippen molar-refractivity contribution in [3.63, 3.8) is 0 Å². The maximum Gasteiger partial charge on any atom is 0.145 e. The van der Waals surface area contributed by atoms with Crippen LogP contribution in [-0.2, 0) is 0 Å². The van der Waals surface area contributed by atoms with Gasteiger partial charge in [0, 0.05) is 6.54 Å². The third-order valence-electron chi connectivity index (χ3n) is 2.89. The molecule has 0 fully saturated rings. The molecule has 0 bridgehead atoms. The predicted octanol–water partition coefficient (Wildman–Crippen LogP) is 2.80. The van der Waals surface area contributed by atoms with E-state index in [0.29, 0.717) is 6.54 Å². The van der Waals surface area contributed by atoms with Gasteiger partial charge in [0.1, 0.15) is 5.75 Å². The Kier molecular flexibility index (Phi) is 4.04. The number of methoxy groups -OCH3 is 1. The van der Waals surface area contributed by atoms with Gasteiger partial charge in [-0.1, -0.05) is 6.07 Å². The van der Waals surface area contributed by atoms with Gasteiger partial charge in [-0.2, -0.15) is 0 Å². The van der Waals surface area contributed by atoms with Crippen LogP contribution in [0.2, 0.25) is 0 Å². The second kappa shape index (κ2) is 4.96. The average Bonchev–Trinajstić information content (AvgIpc) is 2.20. The fourth-order valence-electron chi connectivity index (χ4n) is 1.83. The largest absolute Gasteiger partial charge is 0.494 e. The molecule has 0 aliphatic rings. The predicted molar refractivity (Wildman–Crippen MR) is 72.0 cm³/mol. The zero-order chi connectivity index (χ0) is 13.2. The molecule has 0 aliphatic carbocycles. The minimum Gasteiger partial charge on any atom is -0.494 e. The average molecular weight is 237 g/mol. The molecule has 3 heteroatoms. The molecule has 0 aromatic heterocycles. The molecule has 0 saturated heterocycles. The number of aryl methyl sites for hydroxylation is 2. The van der Waals surface area contributed by atoms with E-state index >= 15 is 0 Å². The number of anilines is 1. The summed E-state index contributed by atoms with van der Waals surface area (Å²) in [5.74, 6) is 0.867. The highest BCUT2D eigenvalue weighted by Gasteiger charge is 2.16. The fourth-order valence-corrected chi connectivity index (χ4v) is 1.83. The summed E-state index contributed by atoms with van der Waals surface area (Å²) in [5.41, 5.74) is 3.72. The van der Waals surface area contributed by atoms with Gasteiger partial charge in [0.2, 0.25) is 0 Å². The molecule has 0 heterocycles. The summed E-state index contributed by atoms with van der Waals surface area (Å²) in [5, 5.41) is 13.0. The van der Waals surface area contributed by atoms with Crippen LogP contribution in [0.1, 0.15) is 30.5 Å². The van der Waals surface area contributed by atoms with Crippen molar-refractivity contribution in [2.45, 2.75) is 40.2 Å². The van der Waals surface area contributed by atoms with Gasteiger partial charge in [-0.3, -0.25) is 0 Å². The highest BCUT2D eigenvalue weighted by molar-refractivity contribution is 5.66. The van der Waals surface area contributed by atoms with Crippen LogP contribution < -0.4 is 10.1 Å². The van der Waals surface area contributed by atoms with Crippen molar-refractivity contribution in [1.29, 1.82) is 0 Å². The van der Waals surface area contributed by atoms with Crippen LogP contribution in [-0.4, -0.2) is 24.4 Å². The van der Waals surface area contributed by atoms with Crippen LogP contribution in [0.5, 0.6) is 5.75 Å². The van der Waals surface area contributed by atoms with Gasteiger partial charge in [0.05, 0.1) is 18.4 Å². The summed E-state index contributed by atoms with van der Waals surface area (Å²) in [6, 6.07) is 2.13. The third-order valence-corrected chi connectivity index (χ3v) is 2.89. The standard InChI is InChI=1S/C14H23NO2/c1-9-7-10(2)12(13(17-6)11(9)3)15-8-14(4,5)16/h7,15-16H,8H2,1-6H3. The quantitative estimate of drug-likeness (QED) is 0.846. The van der Waals surface area contributed by atoms with Crippen molar-refractivity contribution in [1.82, 2.24) is 0 Å². The molecule has 3 nitrogen and oxygen atoms in total. The first-order chi connectivity index (χ1) is 7.76. The van der Waals surface area contributed by atoms with Gasteiger partial charge < -0.3 is 15.2 Å². The Bertz CT molecular complexity index is 406. The normalized spacial score (nSPS) is 11.5. The number of rotatable bonds is 4. The Hall–Kier alpha value is -1.22. The molecular formula is C14H23NO2. The van der Waals surface area contributed by atoms with E-state index in [1.165, 1.54) is 5.56 Å². The maximum absolute atomic E-state index is 9.75. The number of nitrogens with one attached hydrogen (secondary N) is 1. The van der Waals surface area contributed by atoms with Crippen LogP contribution >= 0.6 is 0 Å². The van der Waals surface area contributed by atoms with Crippen LogP contribution in [0, 0.1) is 20.8 Å². The summed E-state index contributed by atoms with van der Waals surface area (Å²) in [6.07, 6.45) is 0. The molecule has 1 aromatic rings. The number of hydrogen-bond acceptors (Lipinski definition) is 3. The van der Waals surface area contributed by atoms with E-state index < -0.39 is 5.60 Å². The monoisotopic (exact) mass is 237 g/mol. The van der Waals surface area contributed by atoms with Crippen LogP contribution in [0.15, 0.2) is 6.07 Å². The van der Waals surface area contributed by atoms with E-state index in [9.17, 15) is 5.11 Å². The van der Waals surface area contributed by atoms with E-state index in [1.807, 2.05) is 13.8 Å². The SMILES string of the molecule is COc1c(C)c(C)cc(C)c1NCC(C)(C)O. The van der Waals surface area contributed by atoms with Crippen LogP contribution in [0.3, 0.4) is 0 Å². The summed E-state index contributed by atoms with van der Waals surface area (Å²) in [7, 11) is 1.68. The first kappa shape index (κ1) is 13.8. The first-order valence-corrected chi connectivity index (χ1v) is 5.87. The zero-order valence-electron chi connectivity index (χ0n) is 11.6. The number of ether oxygens (including phenoxy) is 1. The van der Waals surface area contributed by atoms with Gasteiger partial charge >= 0.3 is 0 Å². The molecule has 96 valence electrons. The Morgan fingerprint density at radius 2 is 1.82 bits per heavy atom. The van der Waals surface area contributed by atoms with Gasteiger partial charge in [-0.05, 0) is 51.3 Å². The van der Waals surface area contributed by atoms with Crippen LogP contribution in [0.4, 0.5) is 5.69 Å². The minimum absolute atomic E-state index is 0.493. The number of benzene rings is 1. The van der Waals surface area contributed by atoms with E-state index in [2.05, 4.69) is 18.3 Å². The summed E-state index contributed by atoms with van der Waals surface area (Å²) in [4.78, 5) is 0. The van der Waals surface area contributed by atoms with Gasteiger partial charge in [-0.25, -0.2) is 0 Å². The number of hydrogen-bond donors (Lipinski definition) is 2. The van der Waals surface area contributed by atoms with Gasteiger partial charge in [0.25, 0.3) is 0 Å². The summed E-state index contributed by atoms with van der Waals surface area (Å²) in [6.45, 7) is 10.2. The first-order valence-electron chi connectivity index (χ1n) is 5.87. The Labute approximate surface area is 104 Å². The molecule has 1 aromatic carbocycles. The molecule has 0 amide bonds. The van der Waals surface area contributed by atoms with E-state index in [4.69, 9.17) is 4.74 Å². The molecule has 1 rings (SSSR count). The van der Waals surface area contributed by atoms with E-state index in [1.54, 1.807) is 21.0 Å². The Balaban J connectivity index is 3.10. The molecule has 0 saturated carbocycles. The molecule has 0 unspecified atom stereocenters. The molecule has 2 N–H and O–H groups in total. The Morgan fingerprint density at radius 3 is 2.29 bits per heavy atom. The van der Waals surface area contributed by atoms with Gasteiger partial charge in [0.15, 0.2) is 0 Å². The highest BCUT2D eigenvalue weighted by atomic mass is 16.5. The zero-order valence-corrected chi connectivity index (χ0v) is 11.6. The molecule has 17 heavy (non-hydrogen) atoms. The smallest absolute Gasteiger partial charge is 0.145 e. The van der Waals surface area contributed by atoms with Gasteiger partial charge in [-0.15, -0.1) is 0 Å². The summed E-state index contributed by atoms with van der Waals surface area (Å²) >= 11 is 0. The fraction of sp³-hybridized carbons (Fsp3) is 0.571. The molecule has 0 atom stereocenters. The van der Waals surface area contributed by atoms with Crippen molar-refractivity contribution < 1.29 is 9.84 Å². The van der Waals surface area contributed by atoms with Crippen molar-refractivity contribution in [3.05, 3.63) is 22.8 Å². The lowest BCUT2D eigenvalue weighted by Gasteiger charge is -2.22. The lowest BCUT2D eigenvalue weighted by Crippen LogP contribution is -2.29. The second-order valence-corrected chi connectivity index (χ2v) is 5.21. The second-order valence-electron chi connectivity index (χ2n) is 5.21. The topological polar surface area (TPSA) is 41.5 Å². The van der Waals surface area contributed by atoms with E-state index in [0.717, 1.165) is 22.6 Å². The van der Waals surface area contributed by atoms with Crippen molar-refractivity contribution in [3.8, 4) is 5.75 Å². The van der Waals surface area contributed by atoms with Crippen LogP contribution in [0.25, 0.3) is 0 Å². The minimum atomic E-state index is -0.740. The third kappa shape index (κ3) is 3.37. The molecule has 0 spiro atoms. The molecular weight excluding hydrogens is 214 g/mol. The number of aliphatic hydroxyl groups is 1.